The molecule has 7 nitrogen and oxygen atoms in total. The Labute approximate surface area is 142 Å². The van der Waals surface area contributed by atoms with Gasteiger partial charge in [-0.25, -0.2) is 0 Å². The molecule has 4 rings (SSSR count). The Morgan fingerprint density at radius 1 is 1.21 bits per heavy atom. The van der Waals surface area contributed by atoms with Gasteiger partial charge in [-0.3, -0.25) is 4.79 Å². The van der Waals surface area contributed by atoms with Crippen LogP contribution in [0.15, 0.2) is 54.5 Å². The average molecular weight is 340 g/mol. The van der Waals surface area contributed by atoms with Gasteiger partial charge in [-0.1, -0.05) is 18.7 Å². The van der Waals surface area contributed by atoms with Gasteiger partial charge < -0.3 is 21.7 Å². The lowest BCUT2D eigenvalue weighted by atomic mass is 9.99. The minimum absolute atomic E-state index is 0.139. The number of benzene rings is 1. The van der Waals surface area contributed by atoms with Gasteiger partial charge in [0.1, 0.15) is 22.9 Å². The number of nitrogens with two attached hydrogens (primary N) is 2. The molecule has 0 saturated carbocycles. The number of aromatic nitrogens is 2. The summed E-state index contributed by atoms with van der Waals surface area (Å²) >= 11 is 1.15. The van der Waals surface area contributed by atoms with Gasteiger partial charge in [-0.15, -0.1) is 0 Å². The Hall–Kier alpha value is -2.55. The van der Waals surface area contributed by atoms with Gasteiger partial charge in [0.05, 0.1) is 11.7 Å². The molecule has 122 valence electrons. The van der Waals surface area contributed by atoms with Crippen LogP contribution in [0.3, 0.4) is 0 Å². The Balaban J connectivity index is 1.77. The molecule has 1 aliphatic carbocycles. The molecule has 8 heteroatoms. The fourth-order valence-electron chi connectivity index (χ4n) is 2.98. The molecule has 2 aromatic rings. The highest BCUT2D eigenvalue weighted by atomic mass is 32.1. The first-order valence-corrected chi connectivity index (χ1v) is 8.20. The number of carbonyl (C=O) groups is 1. The predicted octanol–water partition coefficient (Wildman–Crippen LogP) is 0.744. The quantitative estimate of drug-likeness (QED) is 0.744. The summed E-state index contributed by atoms with van der Waals surface area (Å²) in [6, 6.07) is 4.57. The molecule has 1 aromatic carbocycles. The Kier molecular flexibility index (Phi) is 3.45. The van der Waals surface area contributed by atoms with Crippen molar-refractivity contribution in [3.63, 3.8) is 0 Å². The second kappa shape index (κ2) is 5.52. The van der Waals surface area contributed by atoms with Crippen LogP contribution in [0, 0.1) is 0 Å². The minimum atomic E-state index is -0.527. The van der Waals surface area contributed by atoms with Crippen molar-refractivity contribution in [2.24, 2.45) is 11.5 Å². The van der Waals surface area contributed by atoms with Crippen LogP contribution >= 0.6 is 11.7 Å². The summed E-state index contributed by atoms with van der Waals surface area (Å²) in [7, 11) is 0. The SMILES string of the molecule is C=C1NC(=O)C(c2ccc3nsnc3c2)N1C1=CC(N)C(N)C=C1. The van der Waals surface area contributed by atoms with E-state index in [1.165, 1.54) is 0 Å². The van der Waals surface area contributed by atoms with Crippen LogP contribution in [-0.4, -0.2) is 31.6 Å². The van der Waals surface area contributed by atoms with Crippen LogP contribution in [0.4, 0.5) is 0 Å². The van der Waals surface area contributed by atoms with Crippen molar-refractivity contribution in [2.45, 2.75) is 18.1 Å². The molecule has 2 aliphatic rings. The first-order chi connectivity index (χ1) is 11.5. The van der Waals surface area contributed by atoms with Crippen molar-refractivity contribution in [1.82, 2.24) is 19.0 Å². The van der Waals surface area contributed by atoms with E-state index >= 15 is 0 Å². The molecule has 1 aliphatic heterocycles. The fourth-order valence-corrected chi connectivity index (χ4v) is 3.50. The van der Waals surface area contributed by atoms with Gasteiger partial charge in [-0.05, 0) is 29.8 Å². The van der Waals surface area contributed by atoms with E-state index < -0.39 is 6.04 Å². The largest absolute Gasteiger partial charge is 0.323 e. The van der Waals surface area contributed by atoms with Gasteiger partial charge in [0.25, 0.3) is 5.91 Å². The maximum Gasteiger partial charge on any atom is 0.253 e. The number of allylic oxidation sites excluding steroid dienone is 1. The van der Waals surface area contributed by atoms with Gasteiger partial charge >= 0.3 is 0 Å². The third-order valence-electron chi connectivity index (χ3n) is 4.23. The lowest BCUT2D eigenvalue weighted by Crippen LogP contribution is -2.41. The van der Waals surface area contributed by atoms with Gasteiger partial charge in [0, 0.05) is 17.8 Å². The smallest absolute Gasteiger partial charge is 0.253 e. The Morgan fingerprint density at radius 3 is 2.79 bits per heavy atom. The van der Waals surface area contributed by atoms with Crippen LogP contribution in [0.5, 0.6) is 0 Å². The summed E-state index contributed by atoms with van der Waals surface area (Å²) in [5, 5.41) is 2.79. The zero-order valence-corrected chi connectivity index (χ0v) is 13.5. The number of carbonyl (C=O) groups excluding carboxylic acids is 1. The van der Waals surface area contributed by atoms with Gasteiger partial charge in [0.15, 0.2) is 0 Å². The average Bonchev–Trinajstić information content (AvgIpc) is 3.13. The maximum atomic E-state index is 12.5. The zero-order chi connectivity index (χ0) is 16.8. The number of nitrogens with zero attached hydrogens (tertiary/aromatic N) is 3. The lowest BCUT2D eigenvalue weighted by Gasteiger charge is -2.29. The summed E-state index contributed by atoms with van der Waals surface area (Å²) in [6.45, 7) is 3.95. The van der Waals surface area contributed by atoms with Crippen molar-refractivity contribution >= 4 is 28.7 Å². The van der Waals surface area contributed by atoms with E-state index in [2.05, 4.69) is 20.6 Å². The predicted molar refractivity (Wildman–Crippen MR) is 92.5 cm³/mol. The molecule has 1 aromatic heterocycles. The zero-order valence-electron chi connectivity index (χ0n) is 12.7. The van der Waals surface area contributed by atoms with Crippen molar-refractivity contribution in [2.75, 3.05) is 0 Å². The van der Waals surface area contributed by atoms with Crippen molar-refractivity contribution in [3.05, 3.63) is 60.1 Å². The van der Waals surface area contributed by atoms with E-state index in [4.69, 9.17) is 11.5 Å². The number of fused-ring (bicyclic) bond motifs is 1. The van der Waals surface area contributed by atoms with E-state index in [-0.39, 0.29) is 18.0 Å². The van der Waals surface area contributed by atoms with Crippen molar-refractivity contribution in [3.8, 4) is 0 Å². The number of hydrogen-bond acceptors (Lipinski definition) is 7. The minimum Gasteiger partial charge on any atom is -0.323 e. The van der Waals surface area contributed by atoms with E-state index in [1.54, 1.807) is 0 Å². The monoisotopic (exact) mass is 340 g/mol. The molecule has 24 heavy (non-hydrogen) atoms. The summed E-state index contributed by atoms with van der Waals surface area (Å²) < 4.78 is 8.44. The first kappa shape index (κ1) is 15.0. The third kappa shape index (κ3) is 2.32. The molecule has 1 amide bonds. The molecular weight excluding hydrogens is 324 g/mol. The summed E-state index contributed by atoms with van der Waals surface area (Å²) in [4.78, 5) is 14.3. The maximum absolute atomic E-state index is 12.5. The summed E-state index contributed by atoms with van der Waals surface area (Å²) in [6.07, 6.45) is 5.56. The van der Waals surface area contributed by atoms with E-state index in [1.807, 2.05) is 41.3 Å². The van der Waals surface area contributed by atoms with Gasteiger partial charge in [0.2, 0.25) is 0 Å². The van der Waals surface area contributed by atoms with E-state index in [0.717, 1.165) is 34.0 Å². The van der Waals surface area contributed by atoms with Gasteiger partial charge in [-0.2, -0.15) is 8.75 Å². The highest BCUT2D eigenvalue weighted by Crippen LogP contribution is 2.35. The third-order valence-corrected chi connectivity index (χ3v) is 4.79. The Bertz CT molecular complexity index is 901. The van der Waals surface area contributed by atoms with Crippen LogP contribution in [0.2, 0.25) is 0 Å². The van der Waals surface area contributed by atoms with Crippen molar-refractivity contribution < 1.29 is 4.79 Å². The number of nitrogens with one attached hydrogen (secondary N) is 1. The van der Waals surface area contributed by atoms with E-state index in [9.17, 15) is 4.79 Å². The molecule has 0 spiro atoms. The summed E-state index contributed by atoms with van der Waals surface area (Å²) in [5.41, 5.74) is 15.1. The first-order valence-electron chi connectivity index (χ1n) is 7.47. The second-order valence-electron chi connectivity index (χ2n) is 5.83. The molecule has 3 atom stereocenters. The molecule has 2 heterocycles. The highest BCUT2D eigenvalue weighted by molar-refractivity contribution is 7.00. The lowest BCUT2D eigenvalue weighted by molar-refractivity contribution is -0.121. The molecule has 0 radical (unpaired) electrons. The number of amides is 1. The van der Waals surface area contributed by atoms with Crippen LogP contribution in [0.1, 0.15) is 11.6 Å². The summed E-state index contributed by atoms with van der Waals surface area (Å²) in [5.74, 6) is 0.375. The second-order valence-corrected chi connectivity index (χ2v) is 6.35. The topological polar surface area (TPSA) is 110 Å². The Morgan fingerprint density at radius 2 is 2.00 bits per heavy atom. The molecular formula is C16H16N6OS. The number of rotatable bonds is 2. The molecule has 1 fully saturated rings. The molecule has 1 saturated heterocycles. The van der Waals surface area contributed by atoms with Crippen LogP contribution in [-0.2, 0) is 4.79 Å². The number of hydrogen-bond donors (Lipinski definition) is 3. The molecule has 0 bridgehead atoms. The highest BCUT2D eigenvalue weighted by Gasteiger charge is 2.38. The standard InChI is InChI=1S/C16H16N6OS/c1-8-19-16(23)15(9-2-5-13-14(6-9)21-24-20-13)22(8)10-3-4-11(17)12(18)7-10/h2-7,11-12,15H,1,17-18H2,(H,19,23). The van der Waals surface area contributed by atoms with Crippen LogP contribution in [0.25, 0.3) is 11.0 Å². The normalized spacial score (nSPS) is 26.8. The molecule has 3 unspecified atom stereocenters. The molecule has 5 N–H and O–H groups in total. The van der Waals surface area contributed by atoms with E-state index in [0.29, 0.717) is 5.82 Å². The van der Waals surface area contributed by atoms with Crippen molar-refractivity contribution in [1.29, 1.82) is 0 Å². The van der Waals surface area contributed by atoms with Crippen LogP contribution < -0.4 is 16.8 Å². The fraction of sp³-hybridized carbons (Fsp3) is 0.188.